The molecule has 2 aliphatic heterocycles. The predicted molar refractivity (Wildman–Crippen MR) is 78.6 cm³/mol. The zero-order valence-electron chi connectivity index (χ0n) is 12.7. The molecule has 0 aliphatic carbocycles. The van der Waals surface area contributed by atoms with Crippen molar-refractivity contribution in [1.82, 2.24) is 4.90 Å². The predicted octanol–water partition coefficient (Wildman–Crippen LogP) is 1.30. The number of β-amino-alcohol motifs (C(OH)–C–C–N with tert-alkyl or cyclic N) is 1. The number of rotatable bonds is 2. The Hall–Kier alpha value is -2.02. The summed E-state index contributed by atoms with van der Waals surface area (Å²) in [6, 6.07) is 2.82. The molecule has 0 aromatic heterocycles. The van der Waals surface area contributed by atoms with Gasteiger partial charge in [-0.2, -0.15) is 0 Å². The number of amides is 2. The van der Waals surface area contributed by atoms with Crippen LogP contribution >= 0.6 is 0 Å². The third kappa shape index (κ3) is 3.06. The van der Waals surface area contributed by atoms with E-state index in [1.54, 1.807) is 4.90 Å². The summed E-state index contributed by atoms with van der Waals surface area (Å²) in [5.74, 6) is -2.61. The fourth-order valence-electron chi connectivity index (χ4n) is 3.36. The summed E-state index contributed by atoms with van der Waals surface area (Å²) in [5, 5.41) is 9.65. The minimum atomic E-state index is -0.765. The SMILES string of the molecule is C[C@@H]1C[C@@H](O)CN1C(=O)[C@H]1CC(=O)N(c2cc(F)cc(F)c2)C1. The summed E-state index contributed by atoms with van der Waals surface area (Å²) in [7, 11) is 0. The average molecular weight is 324 g/mol. The van der Waals surface area contributed by atoms with E-state index in [-0.39, 0.29) is 43.1 Å². The number of aliphatic hydroxyl groups excluding tert-OH is 1. The molecule has 1 aromatic rings. The smallest absolute Gasteiger partial charge is 0.228 e. The second-order valence-electron chi connectivity index (χ2n) is 6.26. The van der Waals surface area contributed by atoms with Gasteiger partial charge in [0.25, 0.3) is 0 Å². The van der Waals surface area contributed by atoms with Crippen LogP contribution in [0.5, 0.6) is 0 Å². The van der Waals surface area contributed by atoms with Crippen molar-refractivity contribution in [2.45, 2.75) is 31.9 Å². The Morgan fingerprint density at radius 1 is 1.22 bits per heavy atom. The second-order valence-corrected chi connectivity index (χ2v) is 6.26. The number of aliphatic hydroxyl groups is 1. The van der Waals surface area contributed by atoms with Gasteiger partial charge in [-0.05, 0) is 25.5 Å². The van der Waals surface area contributed by atoms with Crippen LogP contribution in [0, 0.1) is 17.6 Å². The number of benzene rings is 1. The van der Waals surface area contributed by atoms with Gasteiger partial charge in [0, 0.05) is 37.3 Å². The molecule has 1 aromatic carbocycles. The van der Waals surface area contributed by atoms with Gasteiger partial charge in [-0.1, -0.05) is 0 Å². The van der Waals surface area contributed by atoms with Crippen molar-refractivity contribution in [3.8, 4) is 0 Å². The van der Waals surface area contributed by atoms with Crippen LogP contribution in [0.2, 0.25) is 0 Å². The van der Waals surface area contributed by atoms with E-state index in [9.17, 15) is 23.5 Å². The van der Waals surface area contributed by atoms with Crippen LogP contribution in [0.25, 0.3) is 0 Å². The standard InChI is InChI=1S/C16H18F2N2O3/c1-9-2-14(21)8-19(9)16(23)10-3-15(22)20(7-10)13-5-11(17)4-12(18)6-13/h4-6,9-10,14,21H,2-3,7-8H2,1H3/t9-,10+,14-/m1/s1. The molecule has 2 aliphatic rings. The highest BCUT2D eigenvalue weighted by atomic mass is 19.1. The van der Waals surface area contributed by atoms with Crippen LogP contribution in [0.3, 0.4) is 0 Å². The molecule has 7 heteroatoms. The van der Waals surface area contributed by atoms with Crippen LogP contribution in [0.1, 0.15) is 19.8 Å². The molecule has 2 heterocycles. The van der Waals surface area contributed by atoms with Crippen molar-refractivity contribution in [1.29, 1.82) is 0 Å². The molecule has 0 radical (unpaired) electrons. The second kappa shape index (κ2) is 5.88. The van der Waals surface area contributed by atoms with Crippen molar-refractivity contribution >= 4 is 17.5 Å². The van der Waals surface area contributed by atoms with Crippen molar-refractivity contribution in [2.75, 3.05) is 18.0 Å². The van der Waals surface area contributed by atoms with E-state index >= 15 is 0 Å². The molecule has 1 N–H and O–H groups in total. The van der Waals surface area contributed by atoms with E-state index in [0.29, 0.717) is 6.42 Å². The highest BCUT2D eigenvalue weighted by molar-refractivity contribution is 6.00. The van der Waals surface area contributed by atoms with Crippen LogP contribution in [0.15, 0.2) is 18.2 Å². The minimum absolute atomic E-state index is 0.0102. The summed E-state index contributed by atoms with van der Waals surface area (Å²) in [4.78, 5) is 27.5. The highest BCUT2D eigenvalue weighted by Crippen LogP contribution is 2.29. The number of hydrogen-bond donors (Lipinski definition) is 1. The van der Waals surface area contributed by atoms with Gasteiger partial charge in [0.1, 0.15) is 11.6 Å². The van der Waals surface area contributed by atoms with E-state index in [4.69, 9.17) is 0 Å². The molecule has 5 nitrogen and oxygen atoms in total. The Bertz CT molecular complexity index is 632. The van der Waals surface area contributed by atoms with Gasteiger partial charge < -0.3 is 14.9 Å². The first-order valence-corrected chi connectivity index (χ1v) is 7.60. The molecular formula is C16H18F2N2O3. The minimum Gasteiger partial charge on any atom is -0.391 e. The van der Waals surface area contributed by atoms with E-state index < -0.39 is 23.7 Å². The largest absolute Gasteiger partial charge is 0.391 e. The zero-order chi connectivity index (χ0) is 16.7. The molecule has 2 amide bonds. The molecule has 0 unspecified atom stereocenters. The Kier molecular flexibility index (Phi) is 4.06. The molecule has 0 spiro atoms. The number of carbonyl (C=O) groups excluding carboxylic acids is 2. The van der Waals surface area contributed by atoms with Gasteiger partial charge in [-0.3, -0.25) is 9.59 Å². The van der Waals surface area contributed by atoms with E-state index in [1.807, 2.05) is 6.92 Å². The fraction of sp³-hybridized carbons (Fsp3) is 0.500. The summed E-state index contributed by atoms with van der Waals surface area (Å²) in [6.45, 7) is 2.21. The zero-order valence-corrected chi connectivity index (χ0v) is 12.7. The van der Waals surface area contributed by atoms with E-state index in [2.05, 4.69) is 0 Å². The van der Waals surface area contributed by atoms with Crippen molar-refractivity contribution in [2.24, 2.45) is 5.92 Å². The molecule has 3 atom stereocenters. The Labute approximate surface area is 132 Å². The first-order chi connectivity index (χ1) is 10.8. The van der Waals surface area contributed by atoms with Crippen molar-refractivity contribution in [3.63, 3.8) is 0 Å². The maximum absolute atomic E-state index is 13.3. The Morgan fingerprint density at radius 2 is 1.87 bits per heavy atom. The van der Waals surface area contributed by atoms with Crippen LogP contribution in [-0.2, 0) is 9.59 Å². The molecule has 0 bridgehead atoms. The summed E-state index contributed by atoms with van der Waals surface area (Å²) in [5.41, 5.74) is 0.123. The third-order valence-corrected chi connectivity index (χ3v) is 4.47. The Morgan fingerprint density at radius 3 is 2.43 bits per heavy atom. The maximum Gasteiger partial charge on any atom is 0.228 e. The lowest BCUT2D eigenvalue weighted by Gasteiger charge is -2.24. The molecule has 124 valence electrons. The summed E-state index contributed by atoms with van der Waals surface area (Å²) in [6.07, 6.45) is -0.0129. The van der Waals surface area contributed by atoms with Gasteiger partial charge in [-0.25, -0.2) is 8.78 Å². The third-order valence-electron chi connectivity index (χ3n) is 4.47. The van der Waals surface area contributed by atoms with Crippen LogP contribution in [-0.4, -0.2) is 47.1 Å². The summed E-state index contributed by atoms with van der Waals surface area (Å²) >= 11 is 0. The normalized spacial score (nSPS) is 27.8. The topological polar surface area (TPSA) is 60.9 Å². The quantitative estimate of drug-likeness (QED) is 0.892. The lowest BCUT2D eigenvalue weighted by molar-refractivity contribution is -0.136. The van der Waals surface area contributed by atoms with Crippen LogP contribution in [0.4, 0.5) is 14.5 Å². The Balaban J connectivity index is 1.76. The number of likely N-dealkylation sites (tertiary alicyclic amines) is 1. The molecular weight excluding hydrogens is 306 g/mol. The lowest BCUT2D eigenvalue weighted by atomic mass is 10.1. The maximum atomic E-state index is 13.3. The van der Waals surface area contributed by atoms with Crippen LogP contribution < -0.4 is 4.90 Å². The van der Waals surface area contributed by atoms with Gasteiger partial charge in [0.15, 0.2) is 0 Å². The number of halogens is 2. The number of hydrogen-bond acceptors (Lipinski definition) is 3. The van der Waals surface area contributed by atoms with E-state index in [0.717, 1.165) is 18.2 Å². The van der Waals surface area contributed by atoms with E-state index in [1.165, 1.54) is 4.90 Å². The lowest BCUT2D eigenvalue weighted by Crippen LogP contribution is -2.40. The number of nitrogens with zero attached hydrogens (tertiary/aromatic N) is 2. The molecule has 23 heavy (non-hydrogen) atoms. The van der Waals surface area contributed by atoms with Gasteiger partial charge >= 0.3 is 0 Å². The molecule has 2 fully saturated rings. The van der Waals surface area contributed by atoms with Crippen molar-refractivity contribution < 1.29 is 23.5 Å². The first kappa shape index (κ1) is 15.9. The van der Waals surface area contributed by atoms with Crippen molar-refractivity contribution in [3.05, 3.63) is 29.8 Å². The summed E-state index contributed by atoms with van der Waals surface area (Å²) < 4.78 is 26.6. The monoisotopic (exact) mass is 324 g/mol. The highest BCUT2D eigenvalue weighted by Gasteiger charge is 2.41. The van der Waals surface area contributed by atoms with Gasteiger partial charge in [0.2, 0.25) is 11.8 Å². The van der Waals surface area contributed by atoms with Gasteiger partial charge in [0.05, 0.1) is 12.0 Å². The molecule has 3 rings (SSSR count). The fourth-order valence-corrected chi connectivity index (χ4v) is 3.36. The first-order valence-electron chi connectivity index (χ1n) is 7.60. The average Bonchev–Trinajstić information content (AvgIpc) is 2.99. The van der Waals surface area contributed by atoms with Gasteiger partial charge in [-0.15, -0.1) is 0 Å². The molecule has 0 saturated carbocycles. The number of anilines is 1. The number of carbonyl (C=O) groups is 2. The molecule has 2 saturated heterocycles.